The number of hydrogen-bond acceptors (Lipinski definition) is 3. The van der Waals surface area contributed by atoms with Crippen molar-refractivity contribution in [3.8, 4) is 0 Å². The third kappa shape index (κ3) is 3.39. The van der Waals surface area contributed by atoms with Gasteiger partial charge in [0.25, 0.3) is 0 Å². The maximum atomic E-state index is 12.5. The van der Waals surface area contributed by atoms with Crippen molar-refractivity contribution in [3.05, 3.63) is 42.0 Å². The number of nitrogens with one attached hydrogen (secondary N) is 1. The zero-order valence-corrected chi connectivity index (χ0v) is 17.8. The topological polar surface area (TPSA) is 50.9 Å². The Labute approximate surface area is 174 Å². The lowest BCUT2D eigenvalue weighted by Gasteiger charge is -2.32. The van der Waals surface area contributed by atoms with E-state index in [1.807, 2.05) is 39.0 Å². The van der Waals surface area contributed by atoms with E-state index in [1.165, 1.54) is 19.3 Å². The van der Waals surface area contributed by atoms with Crippen molar-refractivity contribution in [3.63, 3.8) is 0 Å². The monoisotopic (exact) mass is 395 g/mol. The van der Waals surface area contributed by atoms with Gasteiger partial charge >= 0.3 is 6.09 Å². The molecule has 1 heterocycles. The first-order chi connectivity index (χ1) is 13.8. The van der Waals surface area contributed by atoms with Gasteiger partial charge in [-0.3, -0.25) is 0 Å². The van der Waals surface area contributed by atoms with Crippen LogP contribution < -0.4 is 5.32 Å². The molecule has 156 valence electrons. The number of alkyl carbamates (subject to hydrolysis) is 1. The van der Waals surface area contributed by atoms with Gasteiger partial charge in [0.2, 0.25) is 0 Å². The van der Waals surface area contributed by atoms with Crippen LogP contribution in [0.4, 0.5) is 4.79 Å². The second-order valence-corrected chi connectivity index (χ2v) is 10.3. The number of carbonyl (C=O) groups is 1. The van der Waals surface area contributed by atoms with Crippen LogP contribution in [0.15, 0.2) is 30.8 Å². The predicted molar refractivity (Wildman–Crippen MR) is 113 cm³/mol. The molecule has 2 bridgehead atoms. The smallest absolute Gasteiger partial charge is 0.407 e. The van der Waals surface area contributed by atoms with Crippen molar-refractivity contribution < 1.29 is 14.3 Å². The molecule has 0 spiro atoms. The Morgan fingerprint density at radius 1 is 1.28 bits per heavy atom. The van der Waals surface area contributed by atoms with Crippen LogP contribution in [0.3, 0.4) is 0 Å². The molecule has 3 aliphatic carbocycles. The minimum absolute atomic E-state index is 0.330. The van der Waals surface area contributed by atoms with Gasteiger partial charge in [0, 0.05) is 0 Å². The van der Waals surface area contributed by atoms with Gasteiger partial charge in [-0.15, -0.1) is 0 Å². The highest BCUT2D eigenvalue weighted by molar-refractivity contribution is 5.69. The second-order valence-electron chi connectivity index (χ2n) is 10.3. The van der Waals surface area contributed by atoms with Crippen molar-refractivity contribution in [2.24, 2.45) is 29.6 Å². The minimum atomic E-state index is -0.496. The molecule has 4 nitrogen and oxygen atoms in total. The highest BCUT2D eigenvalue weighted by atomic mass is 16.6. The van der Waals surface area contributed by atoms with Gasteiger partial charge in [-0.05, 0) is 93.2 Å². The Balaban J connectivity index is 1.12. The maximum Gasteiger partial charge on any atom is 0.407 e. The minimum Gasteiger partial charge on any atom is -0.450 e. The average Bonchev–Trinajstić information content (AvgIpc) is 3.01. The van der Waals surface area contributed by atoms with E-state index in [-0.39, 0.29) is 6.09 Å². The fourth-order valence-corrected chi connectivity index (χ4v) is 6.62. The third-order valence-electron chi connectivity index (χ3n) is 8.10. The molecule has 0 radical (unpaired) electrons. The molecular formula is C25H33NO3. The molecule has 4 aliphatic rings. The summed E-state index contributed by atoms with van der Waals surface area (Å²) in [6, 6.07) is 8.17. The number of rotatable bonds is 6. The van der Waals surface area contributed by atoms with E-state index in [9.17, 15) is 4.79 Å². The molecule has 0 aromatic heterocycles. The summed E-state index contributed by atoms with van der Waals surface area (Å²) >= 11 is 0. The highest BCUT2D eigenvalue weighted by Crippen LogP contribution is 2.66. The Morgan fingerprint density at radius 3 is 2.90 bits per heavy atom. The Kier molecular flexibility index (Phi) is 4.54. The first-order valence-electron chi connectivity index (χ1n) is 11.2. The SMILES string of the molecule is C=C(C)c1cccc(C(C)(C)NC(=O)OCCC2CC3CC2C2C3CC3OC32)c1. The van der Waals surface area contributed by atoms with Crippen LogP contribution in [0, 0.1) is 29.6 Å². The number of fused-ring (bicyclic) bond motifs is 7. The molecular weight excluding hydrogens is 362 g/mol. The average molecular weight is 396 g/mol. The number of amides is 1. The molecule has 1 saturated heterocycles. The standard InChI is InChI=1S/C25H33NO3/c1-14(2)15-6-5-7-18(11-15)25(3,4)26-24(27)28-9-8-16-10-17-12-19(16)22-20(17)13-21-23(22)29-21/h5-7,11,16-17,19-23H,1,8-10,12-13H2,2-4H3,(H,26,27). The first-order valence-corrected chi connectivity index (χ1v) is 11.2. The summed E-state index contributed by atoms with van der Waals surface area (Å²) in [5, 5.41) is 3.04. The normalized spacial score (nSPS) is 36.4. The van der Waals surface area contributed by atoms with Crippen LogP contribution >= 0.6 is 0 Å². The summed E-state index contributed by atoms with van der Waals surface area (Å²) in [7, 11) is 0. The Bertz CT molecular complexity index is 831. The molecule has 5 rings (SSSR count). The van der Waals surface area contributed by atoms with Crippen molar-refractivity contribution in [2.45, 2.75) is 64.2 Å². The summed E-state index contributed by atoms with van der Waals surface area (Å²) in [6.45, 7) is 10.5. The van der Waals surface area contributed by atoms with E-state index in [0.717, 1.165) is 46.8 Å². The van der Waals surface area contributed by atoms with E-state index < -0.39 is 5.54 Å². The molecule has 1 aliphatic heterocycles. The van der Waals surface area contributed by atoms with Gasteiger partial charge in [0.1, 0.15) is 0 Å². The number of allylic oxidation sites excluding steroid dienone is 1. The zero-order chi connectivity index (χ0) is 20.3. The summed E-state index contributed by atoms with van der Waals surface area (Å²) in [5.41, 5.74) is 2.66. The fraction of sp³-hybridized carbons (Fsp3) is 0.640. The van der Waals surface area contributed by atoms with Gasteiger partial charge < -0.3 is 14.8 Å². The van der Waals surface area contributed by atoms with Crippen molar-refractivity contribution >= 4 is 11.7 Å². The molecule has 29 heavy (non-hydrogen) atoms. The van der Waals surface area contributed by atoms with E-state index in [4.69, 9.17) is 9.47 Å². The summed E-state index contributed by atoms with van der Waals surface area (Å²) in [5.74, 6) is 4.14. The van der Waals surface area contributed by atoms with E-state index in [2.05, 4.69) is 18.0 Å². The lowest BCUT2D eigenvalue weighted by Crippen LogP contribution is -2.41. The van der Waals surface area contributed by atoms with Crippen LogP contribution in [0.1, 0.15) is 57.6 Å². The lowest BCUT2D eigenvalue weighted by molar-refractivity contribution is 0.0868. The molecule has 1 N–H and O–H groups in total. The molecule has 1 aromatic carbocycles. The van der Waals surface area contributed by atoms with Crippen LogP contribution in [0.25, 0.3) is 5.57 Å². The maximum absolute atomic E-state index is 12.5. The van der Waals surface area contributed by atoms with Crippen molar-refractivity contribution in [1.82, 2.24) is 5.32 Å². The number of hydrogen-bond donors (Lipinski definition) is 1. The quantitative estimate of drug-likeness (QED) is 0.679. The number of ether oxygens (including phenoxy) is 2. The molecule has 4 heteroatoms. The number of benzene rings is 1. The van der Waals surface area contributed by atoms with Crippen LogP contribution in [-0.2, 0) is 15.0 Å². The first kappa shape index (κ1) is 19.2. The largest absolute Gasteiger partial charge is 0.450 e. The van der Waals surface area contributed by atoms with E-state index in [0.29, 0.717) is 24.7 Å². The third-order valence-corrected chi connectivity index (χ3v) is 8.10. The Hall–Kier alpha value is -1.81. The van der Waals surface area contributed by atoms with Crippen molar-refractivity contribution in [2.75, 3.05) is 6.61 Å². The number of carbonyl (C=O) groups excluding carboxylic acids is 1. The molecule has 4 fully saturated rings. The molecule has 1 amide bonds. The molecule has 3 saturated carbocycles. The summed E-state index contributed by atoms with van der Waals surface area (Å²) in [6.07, 6.45) is 5.83. The Morgan fingerprint density at radius 2 is 2.10 bits per heavy atom. The zero-order valence-electron chi connectivity index (χ0n) is 17.8. The van der Waals surface area contributed by atoms with E-state index in [1.54, 1.807) is 0 Å². The summed E-state index contributed by atoms with van der Waals surface area (Å²) in [4.78, 5) is 12.5. The molecule has 7 atom stereocenters. The number of epoxide rings is 1. The van der Waals surface area contributed by atoms with Gasteiger partial charge in [0.15, 0.2) is 0 Å². The fourth-order valence-electron chi connectivity index (χ4n) is 6.62. The summed E-state index contributed by atoms with van der Waals surface area (Å²) < 4.78 is 11.4. The van der Waals surface area contributed by atoms with Crippen molar-refractivity contribution in [1.29, 1.82) is 0 Å². The van der Waals surface area contributed by atoms with Gasteiger partial charge in [-0.1, -0.05) is 30.4 Å². The highest BCUT2D eigenvalue weighted by Gasteiger charge is 2.66. The van der Waals surface area contributed by atoms with Gasteiger partial charge in [-0.25, -0.2) is 4.79 Å². The van der Waals surface area contributed by atoms with Crippen LogP contribution in [0.5, 0.6) is 0 Å². The van der Waals surface area contributed by atoms with Crippen LogP contribution in [0.2, 0.25) is 0 Å². The molecule has 7 unspecified atom stereocenters. The predicted octanol–water partition coefficient (Wildman–Crippen LogP) is 5.13. The van der Waals surface area contributed by atoms with Gasteiger partial charge in [0.05, 0.1) is 24.4 Å². The van der Waals surface area contributed by atoms with Gasteiger partial charge in [-0.2, -0.15) is 0 Å². The lowest BCUT2D eigenvalue weighted by atomic mass is 9.74. The second kappa shape index (κ2) is 6.87. The van der Waals surface area contributed by atoms with Crippen LogP contribution in [-0.4, -0.2) is 24.9 Å². The van der Waals surface area contributed by atoms with E-state index >= 15 is 0 Å². The molecule has 1 aromatic rings.